The van der Waals surface area contributed by atoms with Crippen LogP contribution in [-0.4, -0.2) is 47.8 Å². The van der Waals surface area contributed by atoms with E-state index in [0.29, 0.717) is 25.4 Å². The number of pyridine rings is 1. The Balaban J connectivity index is 1.32. The van der Waals surface area contributed by atoms with Crippen LogP contribution in [0.25, 0.3) is 0 Å². The maximum Gasteiger partial charge on any atom is 0.326 e. The number of nitrogens with zero attached hydrogens (tertiary/aromatic N) is 1. The average molecular weight is 361 g/mol. The average Bonchev–Trinajstić information content (AvgIpc) is 2.61. The standard InChI is InChI=1S/C19H27N3O4/c23-12-21-17(19(24)25)7-9-26-16-10-13(11-16)3-5-15-6-4-14-2-1-8-20-18(14)22-15/h4,6,12-13,16-17H,1-3,5,7-11H2,(H,20,22)(H,21,23)(H,24,25)/t13-,16-,17?. The molecule has 1 amide bonds. The molecule has 1 aromatic heterocycles. The van der Waals surface area contributed by atoms with E-state index < -0.39 is 12.0 Å². The number of aryl methyl sites for hydroxylation is 2. The van der Waals surface area contributed by atoms with Crippen LogP contribution in [-0.2, 0) is 27.2 Å². The molecule has 142 valence electrons. The summed E-state index contributed by atoms with van der Waals surface area (Å²) in [5.41, 5.74) is 2.47. The minimum atomic E-state index is -1.03. The summed E-state index contributed by atoms with van der Waals surface area (Å²) in [6, 6.07) is 3.47. The molecule has 7 nitrogen and oxygen atoms in total. The lowest BCUT2D eigenvalue weighted by molar-refractivity contribution is -0.141. The van der Waals surface area contributed by atoms with Crippen molar-refractivity contribution in [2.24, 2.45) is 5.92 Å². The quantitative estimate of drug-likeness (QED) is 0.549. The third-order valence-electron chi connectivity index (χ3n) is 5.28. The van der Waals surface area contributed by atoms with Crippen molar-refractivity contribution >= 4 is 18.2 Å². The van der Waals surface area contributed by atoms with Crippen molar-refractivity contribution in [1.82, 2.24) is 10.3 Å². The second-order valence-corrected chi connectivity index (χ2v) is 7.17. The zero-order chi connectivity index (χ0) is 18.4. The zero-order valence-corrected chi connectivity index (χ0v) is 14.9. The molecule has 1 fully saturated rings. The number of hydrogen-bond acceptors (Lipinski definition) is 5. The van der Waals surface area contributed by atoms with E-state index in [1.165, 1.54) is 12.0 Å². The summed E-state index contributed by atoms with van der Waals surface area (Å²) >= 11 is 0. The number of carbonyl (C=O) groups excluding carboxylic acids is 1. The molecule has 7 heteroatoms. The van der Waals surface area contributed by atoms with Crippen molar-refractivity contribution in [1.29, 1.82) is 0 Å². The van der Waals surface area contributed by atoms with E-state index in [0.717, 1.165) is 50.2 Å². The zero-order valence-electron chi connectivity index (χ0n) is 14.9. The SMILES string of the molecule is O=CNC(CCO[C@H]1C[C@H](CCc2ccc3c(n2)NCCC3)C1)C(=O)O. The first kappa shape index (κ1) is 18.6. The van der Waals surface area contributed by atoms with Gasteiger partial charge >= 0.3 is 5.97 Å². The van der Waals surface area contributed by atoms with E-state index in [1.807, 2.05) is 0 Å². The highest BCUT2D eigenvalue weighted by Gasteiger charge is 2.30. The Morgan fingerprint density at radius 3 is 3.08 bits per heavy atom. The van der Waals surface area contributed by atoms with Crippen molar-refractivity contribution in [3.8, 4) is 0 Å². The minimum absolute atomic E-state index is 0.212. The number of carbonyl (C=O) groups is 2. The highest BCUT2D eigenvalue weighted by Crippen LogP contribution is 2.34. The molecule has 1 aliphatic carbocycles. The second kappa shape index (κ2) is 8.98. The van der Waals surface area contributed by atoms with Crippen LogP contribution in [0.1, 0.15) is 43.4 Å². The molecule has 1 aromatic rings. The van der Waals surface area contributed by atoms with Gasteiger partial charge in [0.2, 0.25) is 6.41 Å². The first-order valence-corrected chi connectivity index (χ1v) is 9.42. The van der Waals surface area contributed by atoms with Crippen molar-refractivity contribution in [3.05, 3.63) is 23.4 Å². The predicted octanol–water partition coefficient (Wildman–Crippen LogP) is 1.76. The molecular weight excluding hydrogens is 334 g/mol. The van der Waals surface area contributed by atoms with Crippen LogP contribution in [0.4, 0.5) is 5.82 Å². The Morgan fingerprint density at radius 2 is 2.31 bits per heavy atom. The lowest BCUT2D eigenvalue weighted by Crippen LogP contribution is -2.38. The fraction of sp³-hybridized carbons (Fsp3) is 0.632. The smallest absolute Gasteiger partial charge is 0.326 e. The van der Waals surface area contributed by atoms with E-state index in [1.54, 1.807) is 0 Å². The Labute approximate surface area is 153 Å². The first-order valence-electron chi connectivity index (χ1n) is 9.42. The number of amides is 1. The second-order valence-electron chi connectivity index (χ2n) is 7.17. The summed E-state index contributed by atoms with van der Waals surface area (Å²) in [7, 11) is 0. The molecule has 1 saturated carbocycles. The van der Waals surface area contributed by atoms with Crippen LogP contribution in [0, 0.1) is 5.92 Å². The molecule has 3 N–H and O–H groups in total. The summed E-state index contributed by atoms with van der Waals surface area (Å²) < 4.78 is 5.72. The molecule has 3 rings (SSSR count). The summed E-state index contributed by atoms with van der Waals surface area (Å²) in [4.78, 5) is 26.0. The Morgan fingerprint density at radius 1 is 1.46 bits per heavy atom. The van der Waals surface area contributed by atoms with Gasteiger partial charge in [-0.1, -0.05) is 6.07 Å². The van der Waals surface area contributed by atoms with Crippen molar-refractivity contribution in [2.75, 3.05) is 18.5 Å². The third-order valence-corrected chi connectivity index (χ3v) is 5.28. The lowest BCUT2D eigenvalue weighted by atomic mass is 9.79. The largest absolute Gasteiger partial charge is 0.480 e. The normalized spacial score (nSPS) is 22.5. The highest BCUT2D eigenvalue weighted by atomic mass is 16.5. The number of carboxylic acids is 1. The van der Waals surface area contributed by atoms with Crippen LogP contribution < -0.4 is 10.6 Å². The lowest BCUT2D eigenvalue weighted by Gasteiger charge is -2.35. The van der Waals surface area contributed by atoms with E-state index in [9.17, 15) is 9.59 Å². The van der Waals surface area contributed by atoms with Gasteiger partial charge in [0.05, 0.1) is 6.10 Å². The highest BCUT2D eigenvalue weighted by molar-refractivity contribution is 5.76. The van der Waals surface area contributed by atoms with Gasteiger partial charge in [-0.3, -0.25) is 4.79 Å². The number of anilines is 1. The third kappa shape index (κ3) is 4.94. The van der Waals surface area contributed by atoms with Crippen molar-refractivity contribution in [3.63, 3.8) is 0 Å². The summed E-state index contributed by atoms with van der Waals surface area (Å²) in [6.07, 6.45) is 7.34. The van der Waals surface area contributed by atoms with Gasteiger partial charge in [0.25, 0.3) is 0 Å². The van der Waals surface area contributed by atoms with E-state index in [2.05, 4.69) is 22.8 Å². The fourth-order valence-electron chi connectivity index (χ4n) is 3.62. The first-order chi connectivity index (χ1) is 12.7. The summed E-state index contributed by atoms with van der Waals surface area (Å²) in [5, 5.41) is 14.6. The van der Waals surface area contributed by atoms with Crippen LogP contribution in [0.3, 0.4) is 0 Å². The minimum Gasteiger partial charge on any atom is -0.480 e. The van der Waals surface area contributed by atoms with E-state index in [-0.39, 0.29) is 6.10 Å². The molecule has 0 radical (unpaired) electrons. The number of fused-ring (bicyclic) bond motifs is 1. The Bertz CT molecular complexity index is 631. The topological polar surface area (TPSA) is 101 Å². The molecule has 0 aromatic carbocycles. The number of ether oxygens (including phenoxy) is 1. The molecule has 2 aliphatic rings. The summed E-state index contributed by atoms with van der Waals surface area (Å²) in [5.74, 6) is 0.675. The number of aromatic nitrogens is 1. The number of nitrogens with one attached hydrogen (secondary N) is 2. The van der Waals surface area contributed by atoms with E-state index in [4.69, 9.17) is 14.8 Å². The molecule has 26 heavy (non-hydrogen) atoms. The van der Waals surface area contributed by atoms with Gasteiger partial charge in [-0.05, 0) is 56.1 Å². The number of rotatable bonds is 10. The van der Waals surface area contributed by atoms with Gasteiger partial charge in [-0.15, -0.1) is 0 Å². The van der Waals surface area contributed by atoms with Gasteiger partial charge < -0.3 is 20.5 Å². The molecule has 1 unspecified atom stereocenters. The van der Waals surface area contributed by atoms with E-state index >= 15 is 0 Å². The fourth-order valence-corrected chi connectivity index (χ4v) is 3.62. The van der Waals surface area contributed by atoms with Crippen LogP contribution in [0.5, 0.6) is 0 Å². The van der Waals surface area contributed by atoms with Crippen molar-refractivity contribution in [2.45, 2.75) is 57.1 Å². The molecule has 2 heterocycles. The Hall–Kier alpha value is -2.15. The Kier molecular flexibility index (Phi) is 6.44. The molecule has 0 saturated heterocycles. The van der Waals surface area contributed by atoms with Gasteiger partial charge in [-0.2, -0.15) is 0 Å². The number of carboxylic acid groups (broad SMARTS) is 1. The molecule has 0 spiro atoms. The predicted molar refractivity (Wildman–Crippen MR) is 97.1 cm³/mol. The maximum absolute atomic E-state index is 10.9. The van der Waals surface area contributed by atoms with Gasteiger partial charge in [0.15, 0.2) is 0 Å². The summed E-state index contributed by atoms with van der Waals surface area (Å²) in [6.45, 7) is 1.36. The molecule has 0 bridgehead atoms. The molecular formula is C19H27N3O4. The van der Waals surface area contributed by atoms with Crippen molar-refractivity contribution < 1.29 is 19.4 Å². The van der Waals surface area contributed by atoms with Gasteiger partial charge in [0, 0.05) is 25.3 Å². The number of aliphatic carboxylic acids is 1. The van der Waals surface area contributed by atoms with Gasteiger partial charge in [0.1, 0.15) is 11.9 Å². The molecule has 1 atom stereocenters. The monoisotopic (exact) mass is 361 g/mol. The van der Waals surface area contributed by atoms with Gasteiger partial charge in [-0.25, -0.2) is 9.78 Å². The maximum atomic E-state index is 10.9. The van der Waals surface area contributed by atoms with Crippen LogP contribution >= 0.6 is 0 Å². The number of hydrogen-bond donors (Lipinski definition) is 3. The molecule has 1 aliphatic heterocycles. The van der Waals surface area contributed by atoms with Crippen LogP contribution in [0.2, 0.25) is 0 Å². The van der Waals surface area contributed by atoms with Crippen LogP contribution in [0.15, 0.2) is 12.1 Å².